The van der Waals surface area contributed by atoms with Crippen LogP contribution in [0.4, 0.5) is 0 Å². The van der Waals surface area contributed by atoms with Crippen LogP contribution in [-0.4, -0.2) is 110 Å². The van der Waals surface area contributed by atoms with Gasteiger partial charge in [0.2, 0.25) is 0 Å². The van der Waals surface area contributed by atoms with Gasteiger partial charge in [0.1, 0.15) is 0 Å². The zero-order valence-electron chi connectivity index (χ0n) is 27.8. The molecule has 0 aliphatic rings. The summed E-state index contributed by atoms with van der Waals surface area (Å²) in [6.07, 6.45) is 0. The molecule has 40 heavy (non-hydrogen) atoms. The van der Waals surface area contributed by atoms with Gasteiger partial charge in [0, 0.05) is 95.7 Å². The molecule has 3 atom stereocenters. The highest BCUT2D eigenvalue weighted by atomic mass is 28.4. The molecule has 0 fully saturated rings. The maximum absolute atomic E-state index is 6.29. The SMILES string of the molecule is CCO[Si](OCC)(OCC)C(C)CN(CC(C)[Si](OCC)(OCC)OCC)CC(C)[Si](OCC)(OCC)OCC. The van der Waals surface area contributed by atoms with E-state index in [1.165, 1.54) is 0 Å². The van der Waals surface area contributed by atoms with Crippen molar-refractivity contribution in [3.63, 3.8) is 0 Å². The van der Waals surface area contributed by atoms with Gasteiger partial charge < -0.3 is 44.7 Å². The molecule has 0 heterocycles. The Balaban J connectivity index is 6.50. The highest BCUT2D eigenvalue weighted by molar-refractivity contribution is 6.63. The van der Waals surface area contributed by atoms with Crippen LogP contribution >= 0.6 is 0 Å². The standard InChI is InChI=1S/C27H63NO9Si3/c1-13-29-38(30-14-2,31-15-3)25(10)22-28(23-26(11)39(32-16-4,33-17-5)34-18-6)24-27(12)40(35-19-7,36-20-8)37-21-9/h25-27H,13-24H2,1-12H3. The van der Waals surface area contributed by atoms with Crippen LogP contribution in [-0.2, 0) is 39.8 Å². The van der Waals surface area contributed by atoms with E-state index in [0.717, 1.165) is 0 Å². The Kier molecular flexibility index (Phi) is 22.0. The van der Waals surface area contributed by atoms with Crippen molar-refractivity contribution in [2.45, 2.75) is 99.7 Å². The van der Waals surface area contributed by atoms with Crippen LogP contribution in [0.2, 0.25) is 16.6 Å². The fourth-order valence-corrected chi connectivity index (χ4v) is 13.6. The molecule has 0 aromatic rings. The lowest BCUT2D eigenvalue weighted by molar-refractivity contribution is 0.0453. The fraction of sp³-hybridized carbons (Fsp3) is 1.00. The molecule has 0 spiro atoms. The van der Waals surface area contributed by atoms with Gasteiger partial charge in [-0.15, -0.1) is 0 Å². The van der Waals surface area contributed by atoms with Crippen molar-refractivity contribution in [3.05, 3.63) is 0 Å². The fourth-order valence-electron chi connectivity index (χ4n) is 5.19. The summed E-state index contributed by atoms with van der Waals surface area (Å²) in [6, 6.07) is 0. The van der Waals surface area contributed by atoms with E-state index in [4.69, 9.17) is 39.8 Å². The van der Waals surface area contributed by atoms with Crippen LogP contribution in [0.15, 0.2) is 0 Å². The van der Waals surface area contributed by atoms with Crippen LogP contribution in [0.25, 0.3) is 0 Å². The predicted molar refractivity (Wildman–Crippen MR) is 167 cm³/mol. The molecule has 0 bridgehead atoms. The molecule has 0 aliphatic carbocycles. The highest BCUT2D eigenvalue weighted by Gasteiger charge is 2.52. The van der Waals surface area contributed by atoms with E-state index in [1.54, 1.807) is 0 Å². The number of nitrogens with zero attached hydrogens (tertiary/aromatic N) is 1. The maximum Gasteiger partial charge on any atom is 0.505 e. The number of hydrogen-bond acceptors (Lipinski definition) is 10. The lowest BCUT2D eigenvalue weighted by atomic mass is 10.3. The van der Waals surface area contributed by atoms with Crippen molar-refractivity contribution in [2.75, 3.05) is 79.1 Å². The van der Waals surface area contributed by atoms with Gasteiger partial charge in [-0.3, -0.25) is 0 Å². The summed E-state index contributed by atoms with van der Waals surface area (Å²) in [7, 11) is -8.86. The Morgan fingerprint density at radius 3 is 0.625 bits per heavy atom. The van der Waals surface area contributed by atoms with Crippen molar-refractivity contribution in [1.82, 2.24) is 4.90 Å². The topological polar surface area (TPSA) is 86.3 Å². The molecule has 0 rings (SSSR count). The molecule has 0 aliphatic heterocycles. The van der Waals surface area contributed by atoms with E-state index < -0.39 is 26.4 Å². The quantitative estimate of drug-likeness (QED) is 0.107. The first-order valence-corrected chi connectivity index (χ1v) is 21.0. The smallest absolute Gasteiger partial charge is 0.374 e. The summed E-state index contributed by atoms with van der Waals surface area (Å²) >= 11 is 0. The van der Waals surface area contributed by atoms with Gasteiger partial charge >= 0.3 is 26.4 Å². The monoisotopic (exact) mass is 629 g/mol. The second kappa shape index (κ2) is 21.9. The molecule has 242 valence electrons. The van der Waals surface area contributed by atoms with Gasteiger partial charge in [-0.1, -0.05) is 20.8 Å². The normalized spacial score (nSPS) is 15.5. The van der Waals surface area contributed by atoms with Crippen LogP contribution in [0.3, 0.4) is 0 Å². The van der Waals surface area contributed by atoms with Crippen molar-refractivity contribution in [3.8, 4) is 0 Å². The number of rotatable bonds is 27. The largest absolute Gasteiger partial charge is 0.505 e. The summed E-state index contributed by atoms with van der Waals surface area (Å²) in [6.45, 7) is 31.4. The van der Waals surface area contributed by atoms with E-state index in [2.05, 4.69) is 25.7 Å². The minimum absolute atomic E-state index is 0.0245. The second-order valence-electron chi connectivity index (χ2n) is 9.63. The summed E-state index contributed by atoms with van der Waals surface area (Å²) in [5.41, 5.74) is 0.0735. The van der Waals surface area contributed by atoms with Gasteiger partial charge in [-0.25, -0.2) is 0 Å². The predicted octanol–water partition coefficient (Wildman–Crippen LogP) is 5.60. The molecule has 13 heteroatoms. The zero-order chi connectivity index (χ0) is 30.7. The Labute approximate surface area is 249 Å². The van der Waals surface area contributed by atoms with Gasteiger partial charge in [0.15, 0.2) is 0 Å². The molecule has 0 amide bonds. The Morgan fingerprint density at radius 2 is 0.500 bits per heavy atom. The third kappa shape index (κ3) is 12.1. The third-order valence-corrected chi connectivity index (χ3v) is 16.9. The summed E-state index contributed by atoms with van der Waals surface area (Å²) in [5.74, 6) is 0. The molecule has 0 radical (unpaired) electrons. The van der Waals surface area contributed by atoms with E-state index in [0.29, 0.717) is 79.1 Å². The third-order valence-electron chi connectivity index (χ3n) is 6.52. The van der Waals surface area contributed by atoms with E-state index in [1.807, 2.05) is 62.3 Å². The van der Waals surface area contributed by atoms with Crippen molar-refractivity contribution < 1.29 is 39.8 Å². The van der Waals surface area contributed by atoms with Crippen LogP contribution in [0, 0.1) is 0 Å². The molecular formula is C27H63NO9Si3. The molecule has 0 N–H and O–H groups in total. The summed E-state index contributed by atoms with van der Waals surface area (Å²) in [4.78, 5) is 2.43. The Bertz CT molecular complexity index is 492. The summed E-state index contributed by atoms with van der Waals surface area (Å²) in [5, 5.41) is 0. The number of hydrogen-bond donors (Lipinski definition) is 0. The lowest BCUT2D eigenvalue weighted by Crippen LogP contribution is -2.57. The maximum atomic E-state index is 6.29. The molecule has 0 saturated heterocycles. The first-order chi connectivity index (χ1) is 19.1. The lowest BCUT2D eigenvalue weighted by Gasteiger charge is -2.41. The average molecular weight is 630 g/mol. The molecule has 0 saturated carbocycles. The Hall–Kier alpha value is 0.251. The van der Waals surface area contributed by atoms with Gasteiger partial charge in [-0.2, -0.15) is 0 Å². The average Bonchev–Trinajstić information content (AvgIpc) is 2.89. The van der Waals surface area contributed by atoms with E-state index in [9.17, 15) is 0 Å². The summed E-state index contributed by atoms with van der Waals surface area (Å²) < 4.78 is 56.6. The minimum atomic E-state index is -2.95. The van der Waals surface area contributed by atoms with Crippen molar-refractivity contribution >= 4 is 26.4 Å². The first-order valence-electron chi connectivity index (χ1n) is 15.6. The molecular weight excluding hydrogens is 567 g/mol. The molecule has 0 aromatic heterocycles. The molecule has 0 aromatic carbocycles. The Morgan fingerprint density at radius 1 is 0.350 bits per heavy atom. The van der Waals surface area contributed by atoms with Gasteiger partial charge in [0.05, 0.1) is 0 Å². The van der Waals surface area contributed by atoms with E-state index in [-0.39, 0.29) is 16.6 Å². The van der Waals surface area contributed by atoms with Gasteiger partial charge in [0.25, 0.3) is 0 Å². The zero-order valence-corrected chi connectivity index (χ0v) is 30.8. The minimum Gasteiger partial charge on any atom is -0.374 e. The van der Waals surface area contributed by atoms with Crippen LogP contribution in [0.1, 0.15) is 83.1 Å². The molecule has 10 nitrogen and oxygen atoms in total. The van der Waals surface area contributed by atoms with E-state index >= 15 is 0 Å². The highest BCUT2D eigenvalue weighted by Crippen LogP contribution is 2.33. The first kappa shape index (κ1) is 40.3. The van der Waals surface area contributed by atoms with Crippen molar-refractivity contribution in [2.24, 2.45) is 0 Å². The second-order valence-corrected chi connectivity index (χ2v) is 18.8. The van der Waals surface area contributed by atoms with Gasteiger partial charge in [-0.05, 0) is 62.3 Å². The van der Waals surface area contributed by atoms with Crippen LogP contribution in [0.5, 0.6) is 0 Å². The van der Waals surface area contributed by atoms with Crippen LogP contribution < -0.4 is 0 Å². The van der Waals surface area contributed by atoms with Crippen molar-refractivity contribution in [1.29, 1.82) is 0 Å². The molecule has 3 unspecified atom stereocenters.